The smallest absolute Gasteiger partial charge is 0.146 e. The molecule has 1 heterocycles. The number of para-hydroxylation sites is 1. The Morgan fingerprint density at radius 3 is 2.78 bits per heavy atom. The topological polar surface area (TPSA) is 48.4 Å². The number of nitrogens with two attached hydrogens (primary N) is 1. The van der Waals surface area contributed by atoms with Crippen LogP contribution >= 0.6 is 11.8 Å². The van der Waals surface area contributed by atoms with Gasteiger partial charge in [0.2, 0.25) is 0 Å². The third-order valence-electron chi connectivity index (χ3n) is 2.73. The molecule has 0 saturated heterocycles. The Kier molecular flexibility index (Phi) is 4.33. The molecular weight excluding hydrogens is 246 g/mol. The van der Waals surface area contributed by atoms with E-state index in [1.807, 2.05) is 43.5 Å². The Morgan fingerprint density at radius 1 is 1.33 bits per heavy atom. The molecule has 0 fully saturated rings. The average Bonchev–Trinajstić information content (AvgIpc) is 2.77. The third-order valence-corrected chi connectivity index (χ3v) is 3.51. The van der Waals surface area contributed by atoms with Gasteiger partial charge in [-0.15, -0.1) is 11.8 Å². The monoisotopic (exact) mass is 263 g/mol. The van der Waals surface area contributed by atoms with Crippen LogP contribution in [0.5, 0.6) is 5.75 Å². The first-order chi connectivity index (χ1) is 8.74. The standard InChI is InChI=1S/C14H17NO2S/c1-10-11(8-15)7-12(17-10)9-16-13-5-3-4-6-14(13)18-2/h3-7H,8-9,15H2,1-2H3. The van der Waals surface area contributed by atoms with Crippen LogP contribution in [0.25, 0.3) is 0 Å². The summed E-state index contributed by atoms with van der Waals surface area (Å²) in [5.41, 5.74) is 6.65. The second-order valence-electron chi connectivity index (χ2n) is 3.94. The molecule has 1 aromatic carbocycles. The Bertz CT molecular complexity index is 522. The largest absolute Gasteiger partial charge is 0.484 e. The molecule has 0 aliphatic carbocycles. The van der Waals surface area contributed by atoms with Crippen molar-refractivity contribution in [1.29, 1.82) is 0 Å². The highest BCUT2D eigenvalue weighted by Gasteiger charge is 2.08. The lowest BCUT2D eigenvalue weighted by atomic mass is 10.2. The van der Waals surface area contributed by atoms with Crippen molar-refractivity contribution >= 4 is 11.8 Å². The van der Waals surface area contributed by atoms with E-state index in [0.29, 0.717) is 13.2 Å². The summed E-state index contributed by atoms with van der Waals surface area (Å²) in [7, 11) is 0. The van der Waals surface area contributed by atoms with E-state index in [1.165, 1.54) is 0 Å². The van der Waals surface area contributed by atoms with Crippen LogP contribution in [0, 0.1) is 6.92 Å². The molecule has 0 bridgehead atoms. The first kappa shape index (κ1) is 13.1. The van der Waals surface area contributed by atoms with Crippen LogP contribution < -0.4 is 10.5 Å². The van der Waals surface area contributed by atoms with Crippen LogP contribution in [0.1, 0.15) is 17.1 Å². The molecule has 0 spiro atoms. The molecule has 0 amide bonds. The molecule has 0 aliphatic heterocycles. The fourth-order valence-corrected chi connectivity index (χ4v) is 2.29. The molecule has 0 radical (unpaired) electrons. The highest BCUT2D eigenvalue weighted by Crippen LogP contribution is 2.28. The van der Waals surface area contributed by atoms with Gasteiger partial charge < -0.3 is 14.9 Å². The molecule has 0 atom stereocenters. The zero-order valence-electron chi connectivity index (χ0n) is 10.6. The summed E-state index contributed by atoms with van der Waals surface area (Å²) >= 11 is 1.67. The Hall–Kier alpha value is -1.39. The molecule has 4 heteroatoms. The third kappa shape index (κ3) is 2.89. The van der Waals surface area contributed by atoms with Crippen molar-refractivity contribution in [2.45, 2.75) is 25.0 Å². The van der Waals surface area contributed by atoms with E-state index in [0.717, 1.165) is 27.7 Å². The predicted molar refractivity (Wildman–Crippen MR) is 73.9 cm³/mol. The fraction of sp³-hybridized carbons (Fsp3) is 0.286. The molecule has 96 valence electrons. The van der Waals surface area contributed by atoms with Crippen molar-refractivity contribution in [2.75, 3.05) is 6.26 Å². The van der Waals surface area contributed by atoms with Crippen molar-refractivity contribution in [2.24, 2.45) is 5.73 Å². The van der Waals surface area contributed by atoms with E-state index in [-0.39, 0.29) is 0 Å². The molecule has 2 aromatic rings. The maximum atomic E-state index is 5.77. The molecule has 2 rings (SSSR count). The van der Waals surface area contributed by atoms with Gasteiger partial charge in [0.25, 0.3) is 0 Å². The lowest BCUT2D eigenvalue weighted by molar-refractivity contribution is 0.262. The zero-order valence-corrected chi connectivity index (χ0v) is 11.4. The molecule has 3 nitrogen and oxygen atoms in total. The maximum absolute atomic E-state index is 5.77. The van der Waals surface area contributed by atoms with Crippen LogP contribution in [0.2, 0.25) is 0 Å². The van der Waals surface area contributed by atoms with Crippen LogP contribution in [0.4, 0.5) is 0 Å². The van der Waals surface area contributed by atoms with Crippen LogP contribution in [0.15, 0.2) is 39.6 Å². The molecular formula is C14H17NO2S. The SMILES string of the molecule is CSc1ccccc1OCc1cc(CN)c(C)o1. The van der Waals surface area contributed by atoms with Crippen LogP contribution in [0.3, 0.4) is 0 Å². The van der Waals surface area contributed by atoms with Crippen molar-refractivity contribution in [3.63, 3.8) is 0 Å². The van der Waals surface area contributed by atoms with Gasteiger partial charge in [-0.05, 0) is 31.4 Å². The van der Waals surface area contributed by atoms with Crippen LogP contribution in [-0.2, 0) is 13.2 Å². The fourth-order valence-electron chi connectivity index (χ4n) is 1.75. The van der Waals surface area contributed by atoms with Crippen molar-refractivity contribution < 1.29 is 9.15 Å². The van der Waals surface area contributed by atoms with Gasteiger partial charge >= 0.3 is 0 Å². The number of hydrogen-bond acceptors (Lipinski definition) is 4. The van der Waals surface area contributed by atoms with E-state index < -0.39 is 0 Å². The van der Waals surface area contributed by atoms with Crippen molar-refractivity contribution in [1.82, 2.24) is 0 Å². The molecule has 0 aliphatic rings. The number of thioether (sulfide) groups is 1. The highest BCUT2D eigenvalue weighted by molar-refractivity contribution is 7.98. The van der Waals surface area contributed by atoms with E-state index >= 15 is 0 Å². The van der Waals surface area contributed by atoms with Crippen molar-refractivity contribution in [3.8, 4) is 5.75 Å². The number of aryl methyl sites for hydroxylation is 1. The minimum atomic E-state index is 0.429. The van der Waals surface area contributed by atoms with Gasteiger partial charge in [-0.1, -0.05) is 12.1 Å². The van der Waals surface area contributed by atoms with Gasteiger partial charge in [-0.3, -0.25) is 0 Å². The number of furan rings is 1. The number of benzene rings is 1. The quantitative estimate of drug-likeness (QED) is 0.840. The van der Waals surface area contributed by atoms with Gasteiger partial charge in [0.1, 0.15) is 23.9 Å². The number of hydrogen-bond donors (Lipinski definition) is 1. The van der Waals surface area contributed by atoms with Crippen LogP contribution in [-0.4, -0.2) is 6.26 Å². The van der Waals surface area contributed by atoms with E-state index in [1.54, 1.807) is 11.8 Å². The molecule has 0 unspecified atom stereocenters. The molecule has 18 heavy (non-hydrogen) atoms. The second kappa shape index (κ2) is 5.98. The lowest BCUT2D eigenvalue weighted by Gasteiger charge is -2.07. The normalized spacial score (nSPS) is 10.6. The summed E-state index contributed by atoms with van der Waals surface area (Å²) in [6.07, 6.45) is 2.03. The van der Waals surface area contributed by atoms with Gasteiger partial charge in [-0.2, -0.15) is 0 Å². The summed E-state index contributed by atoms with van der Waals surface area (Å²) in [5, 5.41) is 0. The minimum absolute atomic E-state index is 0.429. The van der Waals surface area contributed by atoms with Crippen molar-refractivity contribution in [3.05, 3.63) is 47.4 Å². The lowest BCUT2D eigenvalue weighted by Crippen LogP contribution is -1.96. The van der Waals surface area contributed by atoms with Gasteiger partial charge in [0.05, 0.1) is 0 Å². The molecule has 2 N–H and O–H groups in total. The number of ether oxygens (including phenoxy) is 1. The predicted octanol–water partition coefficient (Wildman–Crippen LogP) is 3.35. The first-order valence-corrected chi connectivity index (χ1v) is 7.01. The summed E-state index contributed by atoms with van der Waals surface area (Å²) in [4.78, 5) is 1.12. The summed E-state index contributed by atoms with van der Waals surface area (Å²) in [6.45, 7) is 2.84. The molecule has 0 saturated carbocycles. The van der Waals surface area contributed by atoms with E-state index in [2.05, 4.69) is 0 Å². The zero-order chi connectivity index (χ0) is 13.0. The van der Waals surface area contributed by atoms with E-state index in [4.69, 9.17) is 14.9 Å². The van der Waals surface area contributed by atoms with Gasteiger partial charge in [-0.25, -0.2) is 0 Å². The Labute approximate surface area is 111 Å². The Morgan fingerprint density at radius 2 is 2.11 bits per heavy atom. The summed E-state index contributed by atoms with van der Waals surface area (Å²) in [5.74, 6) is 2.56. The summed E-state index contributed by atoms with van der Waals surface area (Å²) in [6, 6.07) is 9.93. The Balaban J connectivity index is 2.06. The molecule has 1 aromatic heterocycles. The average molecular weight is 263 g/mol. The van der Waals surface area contributed by atoms with Gasteiger partial charge in [0.15, 0.2) is 0 Å². The highest BCUT2D eigenvalue weighted by atomic mass is 32.2. The van der Waals surface area contributed by atoms with E-state index in [9.17, 15) is 0 Å². The minimum Gasteiger partial charge on any atom is -0.484 e. The van der Waals surface area contributed by atoms with Gasteiger partial charge in [0, 0.05) is 17.0 Å². The summed E-state index contributed by atoms with van der Waals surface area (Å²) < 4.78 is 11.4. The number of rotatable bonds is 5. The first-order valence-electron chi connectivity index (χ1n) is 5.78. The maximum Gasteiger partial charge on any atom is 0.146 e. The second-order valence-corrected chi connectivity index (χ2v) is 4.79.